The lowest BCUT2D eigenvalue weighted by atomic mass is 10.2. The monoisotopic (exact) mass is 321 g/mol. The molecule has 6 nitrogen and oxygen atoms in total. The van der Waals surface area contributed by atoms with Crippen molar-refractivity contribution >= 4 is 29.2 Å². The Hall–Kier alpha value is -3.28. The zero-order chi connectivity index (χ0) is 17.1. The number of rotatable bonds is 3. The molecule has 1 amide bonds. The van der Waals surface area contributed by atoms with Crippen molar-refractivity contribution in [3.63, 3.8) is 0 Å². The van der Waals surface area contributed by atoms with Crippen LogP contribution in [0.1, 0.15) is 11.1 Å². The highest BCUT2D eigenvalue weighted by Gasteiger charge is 2.13. The first-order chi connectivity index (χ1) is 11.5. The summed E-state index contributed by atoms with van der Waals surface area (Å²) in [6, 6.07) is 15.1. The van der Waals surface area contributed by atoms with E-state index >= 15 is 0 Å². The quantitative estimate of drug-likeness (QED) is 0.683. The predicted molar refractivity (Wildman–Crippen MR) is 96.7 cm³/mol. The van der Waals surface area contributed by atoms with E-state index in [4.69, 9.17) is 5.73 Å². The third kappa shape index (κ3) is 3.38. The predicted octanol–water partition coefficient (Wildman–Crippen LogP) is 3.91. The van der Waals surface area contributed by atoms with E-state index in [1.165, 1.54) is 10.1 Å². The second-order valence-corrected chi connectivity index (χ2v) is 5.59. The topological polar surface area (TPSA) is 85.0 Å². The van der Waals surface area contributed by atoms with Gasteiger partial charge in [-0.15, -0.1) is 0 Å². The standard InChI is InChI=1S/C18H19N5O/c1-12-7-9-14(10-8-12)20-16-11-23(17(19)22-16)18(24)21-15-6-4-3-5-13(15)2/h3-11,20H,1-2H3,(H2,19,22)(H,21,24). The Bertz CT molecular complexity index is 867. The first-order valence-electron chi connectivity index (χ1n) is 7.58. The molecule has 0 bridgehead atoms. The van der Waals surface area contributed by atoms with Gasteiger partial charge in [0.05, 0.1) is 6.20 Å². The van der Waals surface area contributed by atoms with E-state index in [9.17, 15) is 4.79 Å². The Morgan fingerprint density at radius 3 is 2.50 bits per heavy atom. The number of anilines is 4. The van der Waals surface area contributed by atoms with Gasteiger partial charge in [0.15, 0.2) is 5.82 Å². The molecule has 122 valence electrons. The van der Waals surface area contributed by atoms with E-state index < -0.39 is 0 Å². The van der Waals surface area contributed by atoms with Gasteiger partial charge in [0.1, 0.15) is 0 Å². The third-order valence-electron chi connectivity index (χ3n) is 3.66. The number of nitrogen functional groups attached to an aromatic ring is 1. The molecule has 0 radical (unpaired) electrons. The molecule has 6 heteroatoms. The number of aryl methyl sites for hydroxylation is 2. The van der Waals surface area contributed by atoms with Crippen LogP contribution in [0.5, 0.6) is 0 Å². The number of benzene rings is 2. The molecular formula is C18H19N5O. The minimum Gasteiger partial charge on any atom is -0.369 e. The van der Waals surface area contributed by atoms with Gasteiger partial charge < -0.3 is 16.4 Å². The Morgan fingerprint density at radius 2 is 1.79 bits per heavy atom. The Morgan fingerprint density at radius 1 is 1.08 bits per heavy atom. The van der Waals surface area contributed by atoms with Crippen LogP contribution in [0.2, 0.25) is 0 Å². The summed E-state index contributed by atoms with van der Waals surface area (Å²) in [6.07, 6.45) is 1.57. The summed E-state index contributed by atoms with van der Waals surface area (Å²) in [6.45, 7) is 3.95. The SMILES string of the molecule is Cc1ccc(Nc2cn(C(=O)Nc3ccccc3C)c(N)n2)cc1. The van der Waals surface area contributed by atoms with E-state index in [1.807, 2.05) is 62.4 Å². The van der Waals surface area contributed by atoms with Crippen molar-refractivity contribution in [3.05, 3.63) is 65.9 Å². The Balaban J connectivity index is 1.77. The number of amides is 1. The molecule has 0 saturated heterocycles. The lowest BCUT2D eigenvalue weighted by Crippen LogP contribution is -2.20. The van der Waals surface area contributed by atoms with Crippen LogP contribution in [-0.2, 0) is 0 Å². The Kier molecular flexibility index (Phi) is 4.20. The molecule has 4 N–H and O–H groups in total. The van der Waals surface area contributed by atoms with Gasteiger partial charge in [-0.1, -0.05) is 35.9 Å². The minimum atomic E-state index is -0.355. The smallest absolute Gasteiger partial charge is 0.332 e. The molecule has 2 aromatic carbocycles. The van der Waals surface area contributed by atoms with Crippen LogP contribution < -0.4 is 16.4 Å². The molecule has 0 aliphatic rings. The van der Waals surface area contributed by atoms with E-state index in [0.29, 0.717) is 5.82 Å². The van der Waals surface area contributed by atoms with E-state index in [-0.39, 0.29) is 12.0 Å². The maximum atomic E-state index is 12.4. The fourth-order valence-corrected chi connectivity index (χ4v) is 2.29. The molecule has 0 unspecified atom stereocenters. The van der Waals surface area contributed by atoms with Crippen LogP contribution in [0.25, 0.3) is 0 Å². The number of carbonyl (C=O) groups excluding carboxylic acids is 1. The van der Waals surface area contributed by atoms with Crippen molar-refractivity contribution in [1.29, 1.82) is 0 Å². The molecule has 3 aromatic rings. The van der Waals surface area contributed by atoms with Gasteiger partial charge in [0, 0.05) is 11.4 Å². The highest BCUT2D eigenvalue weighted by molar-refractivity contribution is 5.93. The number of carbonyl (C=O) groups is 1. The average molecular weight is 321 g/mol. The van der Waals surface area contributed by atoms with E-state index in [0.717, 1.165) is 16.9 Å². The molecule has 0 saturated carbocycles. The van der Waals surface area contributed by atoms with Crippen molar-refractivity contribution in [2.45, 2.75) is 13.8 Å². The summed E-state index contributed by atoms with van der Waals surface area (Å²) >= 11 is 0. The van der Waals surface area contributed by atoms with Gasteiger partial charge in [0.25, 0.3) is 0 Å². The number of imidazole rings is 1. The van der Waals surface area contributed by atoms with Crippen LogP contribution in [-0.4, -0.2) is 15.6 Å². The average Bonchev–Trinajstić information content (AvgIpc) is 2.92. The van der Waals surface area contributed by atoms with Gasteiger partial charge in [-0.25, -0.2) is 9.36 Å². The first kappa shape index (κ1) is 15.6. The highest BCUT2D eigenvalue weighted by Crippen LogP contribution is 2.19. The van der Waals surface area contributed by atoms with Crippen molar-refractivity contribution in [2.24, 2.45) is 0 Å². The molecular weight excluding hydrogens is 302 g/mol. The van der Waals surface area contributed by atoms with Crippen LogP contribution in [0.4, 0.5) is 27.9 Å². The third-order valence-corrected chi connectivity index (χ3v) is 3.66. The van der Waals surface area contributed by atoms with Crippen molar-refractivity contribution < 1.29 is 4.79 Å². The fourth-order valence-electron chi connectivity index (χ4n) is 2.29. The second kappa shape index (κ2) is 6.45. The molecule has 0 fully saturated rings. The van der Waals surface area contributed by atoms with Gasteiger partial charge >= 0.3 is 6.03 Å². The zero-order valence-corrected chi connectivity index (χ0v) is 13.6. The molecule has 0 aliphatic carbocycles. The van der Waals surface area contributed by atoms with Gasteiger partial charge in [-0.05, 0) is 37.6 Å². The molecule has 3 rings (SSSR count). The summed E-state index contributed by atoms with van der Waals surface area (Å²) in [5.41, 5.74) is 9.63. The van der Waals surface area contributed by atoms with Gasteiger partial charge in [0.2, 0.25) is 5.95 Å². The Labute approximate surface area is 140 Å². The number of nitrogens with two attached hydrogens (primary N) is 1. The fraction of sp³-hybridized carbons (Fsp3) is 0.111. The van der Waals surface area contributed by atoms with Crippen LogP contribution in [0.15, 0.2) is 54.7 Å². The summed E-state index contributed by atoms with van der Waals surface area (Å²) < 4.78 is 1.28. The summed E-state index contributed by atoms with van der Waals surface area (Å²) in [5.74, 6) is 0.631. The van der Waals surface area contributed by atoms with Crippen molar-refractivity contribution in [1.82, 2.24) is 9.55 Å². The number of para-hydroxylation sites is 1. The van der Waals surface area contributed by atoms with Gasteiger partial charge in [-0.2, -0.15) is 4.98 Å². The normalized spacial score (nSPS) is 10.4. The molecule has 24 heavy (non-hydrogen) atoms. The van der Waals surface area contributed by atoms with E-state index in [1.54, 1.807) is 6.20 Å². The molecule has 1 aromatic heterocycles. The van der Waals surface area contributed by atoms with Crippen molar-refractivity contribution in [3.8, 4) is 0 Å². The molecule has 0 aliphatic heterocycles. The second-order valence-electron chi connectivity index (χ2n) is 5.59. The molecule has 0 atom stereocenters. The summed E-state index contributed by atoms with van der Waals surface area (Å²) in [7, 11) is 0. The molecule has 1 heterocycles. The summed E-state index contributed by atoms with van der Waals surface area (Å²) in [5, 5.41) is 5.96. The highest BCUT2D eigenvalue weighted by atomic mass is 16.2. The van der Waals surface area contributed by atoms with Crippen LogP contribution >= 0.6 is 0 Å². The lowest BCUT2D eigenvalue weighted by Gasteiger charge is -2.08. The van der Waals surface area contributed by atoms with Gasteiger partial charge in [-0.3, -0.25) is 0 Å². The lowest BCUT2D eigenvalue weighted by molar-refractivity contribution is 0.254. The summed E-state index contributed by atoms with van der Waals surface area (Å²) in [4.78, 5) is 16.6. The number of hydrogen-bond donors (Lipinski definition) is 3. The van der Waals surface area contributed by atoms with E-state index in [2.05, 4.69) is 15.6 Å². The number of aromatic nitrogens is 2. The molecule has 0 spiro atoms. The van der Waals surface area contributed by atoms with Crippen LogP contribution in [0.3, 0.4) is 0 Å². The largest absolute Gasteiger partial charge is 0.369 e. The van der Waals surface area contributed by atoms with Crippen LogP contribution in [0, 0.1) is 13.8 Å². The first-order valence-corrected chi connectivity index (χ1v) is 7.58. The number of nitrogens with zero attached hydrogens (tertiary/aromatic N) is 2. The zero-order valence-electron chi connectivity index (χ0n) is 13.6. The number of hydrogen-bond acceptors (Lipinski definition) is 4. The maximum Gasteiger partial charge on any atom is 0.332 e. The minimum absolute atomic E-state index is 0.121. The van der Waals surface area contributed by atoms with Crippen molar-refractivity contribution in [2.75, 3.05) is 16.4 Å². The maximum absolute atomic E-state index is 12.4. The number of nitrogens with one attached hydrogen (secondary N) is 2.